The Morgan fingerprint density at radius 3 is 3.06 bits per heavy atom. The second kappa shape index (κ2) is 5.51. The number of nitrogens with one attached hydrogen (secondary N) is 1. The lowest BCUT2D eigenvalue weighted by molar-refractivity contribution is 0.543. The minimum atomic E-state index is 0.827. The van der Waals surface area contributed by atoms with Gasteiger partial charge < -0.3 is 9.73 Å². The molecule has 2 rings (SSSR count). The highest BCUT2D eigenvalue weighted by atomic mass is 16.3. The Labute approximate surface area is 95.3 Å². The summed E-state index contributed by atoms with van der Waals surface area (Å²) in [4.78, 5) is 0. The molecule has 86 valence electrons. The molecule has 2 heterocycles. The van der Waals surface area contributed by atoms with Crippen molar-refractivity contribution in [3.05, 3.63) is 42.1 Å². The minimum Gasteiger partial charge on any atom is -0.472 e. The average Bonchev–Trinajstić information content (AvgIpc) is 2.91. The molecule has 4 heteroatoms. The summed E-state index contributed by atoms with van der Waals surface area (Å²) in [5, 5.41) is 7.65. The van der Waals surface area contributed by atoms with Gasteiger partial charge in [0.25, 0.3) is 0 Å². The normalized spacial score (nSPS) is 10.8. The first kappa shape index (κ1) is 11.0. The molecule has 16 heavy (non-hydrogen) atoms. The quantitative estimate of drug-likeness (QED) is 0.809. The van der Waals surface area contributed by atoms with Gasteiger partial charge in [-0.05, 0) is 18.6 Å². The Morgan fingerprint density at radius 1 is 1.38 bits per heavy atom. The third kappa shape index (κ3) is 2.73. The fraction of sp³-hybridized carbons (Fsp3) is 0.417. The molecule has 2 aromatic heterocycles. The molecule has 0 saturated carbocycles. The number of hydrogen-bond donors (Lipinski definition) is 1. The zero-order valence-electron chi connectivity index (χ0n) is 9.52. The molecule has 0 amide bonds. The van der Waals surface area contributed by atoms with Crippen LogP contribution in [0.15, 0.2) is 35.3 Å². The van der Waals surface area contributed by atoms with Crippen LogP contribution < -0.4 is 5.32 Å². The molecule has 0 fully saturated rings. The number of hydrogen-bond acceptors (Lipinski definition) is 3. The number of aromatic nitrogens is 2. The van der Waals surface area contributed by atoms with Crippen LogP contribution in [0.2, 0.25) is 0 Å². The molecule has 0 unspecified atom stereocenters. The fourth-order valence-electron chi connectivity index (χ4n) is 1.65. The summed E-state index contributed by atoms with van der Waals surface area (Å²) in [5.74, 6) is 0. The van der Waals surface area contributed by atoms with Gasteiger partial charge in [-0.25, -0.2) is 0 Å². The van der Waals surface area contributed by atoms with Gasteiger partial charge in [0.1, 0.15) is 0 Å². The van der Waals surface area contributed by atoms with Gasteiger partial charge in [-0.15, -0.1) is 0 Å². The van der Waals surface area contributed by atoms with E-state index in [1.54, 1.807) is 12.5 Å². The molecule has 2 aromatic rings. The molecule has 0 aliphatic carbocycles. The zero-order chi connectivity index (χ0) is 11.2. The molecule has 0 aliphatic heterocycles. The van der Waals surface area contributed by atoms with Gasteiger partial charge in [0, 0.05) is 31.4 Å². The third-order valence-corrected chi connectivity index (χ3v) is 2.46. The van der Waals surface area contributed by atoms with Crippen LogP contribution in [-0.4, -0.2) is 9.78 Å². The zero-order valence-corrected chi connectivity index (χ0v) is 9.52. The standard InChI is InChI=1S/C12H17N3O/c1-2-6-15-12(3-5-14-15)9-13-8-11-4-7-16-10-11/h3-5,7,10,13H,2,6,8-9H2,1H3. The van der Waals surface area contributed by atoms with Gasteiger partial charge in [-0.3, -0.25) is 4.68 Å². The summed E-state index contributed by atoms with van der Waals surface area (Å²) in [7, 11) is 0. The molecule has 4 nitrogen and oxygen atoms in total. The number of aryl methyl sites for hydroxylation is 1. The van der Waals surface area contributed by atoms with Crippen LogP contribution in [0.25, 0.3) is 0 Å². The maximum Gasteiger partial charge on any atom is 0.0947 e. The van der Waals surface area contributed by atoms with Crippen molar-refractivity contribution in [3.8, 4) is 0 Å². The summed E-state index contributed by atoms with van der Waals surface area (Å²) < 4.78 is 7.05. The first-order valence-electron chi connectivity index (χ1n) is 5.62. The first-order valence-corrected chi connectivity index (χ1v) is 5.62. The van der Waals surface area contributed by atoms with Crippen molar-refractivity contribution in [2.45, 2.75) is 33.0 Å². The molecule has 0 radical (unpaired) electrons. The largest absolute Gasteiger partial charge is 0.472 e. The predicted octanol–water partition coefficient (Wildman–Crippen LogP) is 2.18. The Balaban J connectivity index is 1.82. The van der Waals surface area contributed by atoms with Gasteiger partial charge in [-0.2, -0.15) is 5.10 Å². The number of nitrogens with zero attached hydrogens (tertiary/aromatic N) is 2. The van der Waals surface area contributed by atoms with E-state index in [2.05, 4.69) is 23.4 Å². The van der Waals surface area contributed by atoms with Crippen LogP contribution in [0.3, 0.4) is 0 Å². The van der Waals surface area contributed by atoms with Gasteiger partial charge in [-0.1, -0.05) is 6.92 Å². The van der Waals surface area contributed by atoms with E-state index < -0.39 is 0 Å². The van der Waals surface area contributed by atoms with E-state index in [0.29, 0.717) is 0 Å². The van der Waals surface area contributed by atoms with Crippen molar-refractivity contribution in [2.75, 3.05) is 0 Å². The smallest absolute Gasteiger partial charge is 0.0947 e. The monoisotopic (exact) mass is 219 g/mol. The topological polar surface area (TPSA) is 43.0 Å². The van der Waals surface area contributed by atoms with E-state index >= 15 is 0 Å². The van der Waals surface area contributed by atoms with Crippen LogP contribution >= 0.6 is 0 Å². The summed E-state index contributed by atoms with van der Waals surface area (Å²) in [6.45, 7) is 4.80. The van der Waals surface area contributed by atoms with Gasteiger partial charge in [0.2, 0.25) is 0 Å². The van der Waals surface area contributed by atoms with Gasteiger partial charge in [0.15, 0.2) is 0 Å². The lowest BCUT2D eigenvalue weighted by Crippen LogP contribution is -2.16. The maximum atomic E-state index is 5.01. The molecule has 0 atom stereocenters. The van der Waals surface area contributed by atoms with E-state index in [-0.39, 0.29) is 0 Å². The van der Waals surface area contributed by atoms with Crippen molar-refractivity contribution >= 4 is 0 Å². The lowest BCUT2D eigenvalue weighted by Gasteiger charge is -2.06. The van der Waals surface area contributed by atoms with Crippen molar-refractivity contribution in [1.29, 1.82) is 0 Å². The highest BCUT2D eigenvalue weighted by Gasteiger charge is 2.01. The van der Waals surface area contributed by atoms with E-state index in [0.717, 1.165) is 26.1 Å². The summed E-state index contributed by atoms with van der Waals surface area (Å²) in [6, 6.07) is 4.02. The molecular formula is C12H17N3O. The highest BCUT2D eigenvalue weighted by molar-refractivity contribution is 5.05. The average molecular weight is 219 g/mol. The van der Waals surface area contributed by atoms with E-state index in [9.17, 15) is 0 Å². The Kier molecular flexibility index (Phi) is 3.77. The molecule has 0 aromatic carbocycles. The van der Waals surface area contributed by atoms with Crippen molar-refractivity contribution in [1.82, 2.24) is 15.1 Å². The molecule has 0 bridgehead atoms. The summed E-state index contributed by atoms with van der Waals surface area (Å²) in [5.41, 5.74) is 2.40. The first-order chi connectivity index (χ1) is 7.90. The van der Waals surface area contributed by atoms with Crippen molar-refractivity contribution in [3.63, 3.8) is 0 Å². The molecule has 0 saturated heterocycles. The SMILES string of the molecule is CCCn1nccc1CNCc1ccoc1. The van der Waals surface area contributed by atoms with Crippen molar-refractivity contribution < 1.29 is 4.42 Å². The Bertz CT molecular complexity index is 406. The second-order valence-electron chi connectivity index (χ2n) is 3.78. The van der Waals surface area contributed by atoms with Crippen LogP contribution in [0, 0.1) is 0 Å². The predicted molar refractivity (Wildman–Crippen MR) is 61.8 cm³/mol. The molecule has 0 spiro atoms. The van der Waals surface area contributed by atoms with Crippen molar-refractivity contribution in [2.24, 2.45) is 0 Å². The Hall–Kier alpha value is -1.55. The molecular weight excluding hydrogens is 202 g/mol. The van der Waals surface area contributed by atoms with E-state index in [4.69, 9.17) is 4.42 Å². The van der Waals surface area contributed by atoms with Crippen LogP contribution in [0.4, 0.5) is 0 Å². The summed E-state index contributed by atoms with van der Waals surface area (Å²) >= 11 is 0. The van der Waals surface area contributed by atoms with Crippen LogP contribution in [0.5, 0.6) is 0 Å². The van der Waals surface area contributed by atoms with Crippen LogP contribution in [-0.2, 0) is 19.6 Å². The summed E-state index contributed by atoms with van der Waals surface area (Å²) in [6.07, 6.45) is 6.41. The third-order valence-electron chi connectivity index (χ3n) is 2.46. The lowest BCUT2D eigenvalue weighted by atomic mass is 10.3. The maximum absolute atomic E-state index is 5.01. The highest BCUT2D eigenvalue weighted by Crippen LogP contribution is 2.02. The second-order valence-corrected chi connectivity index (χ2v) is 3.78. The van der Waals surface area contributed by atoms with Crippen LogP contribution in [0.1, 0.15) is 24.6 Å². The van der Waals surface area contributed by atoms with E-state index in [1.165, 1.54) is 11.3 Å². The molecule has 1 N–H and O–H groups in total. The van der Waals surface area contributed by atoms with E-state index in [1.807, 2.05) is 16.9 Å². The number of rotatable bonds is 6. The van der Waals surface area contributed by atoms with Gasteiger partial charge in [0.05, 0.1) is 18.2 Å². The number of furan rings is 1. The molecule has 0 aliphatic rings. The van der Waals surface area contributed by atoms with Gasteiger partial charge >= 0.3 is 0 Å². The fourth-order valence-corrected chi connectivity index (χ4v) is 1.65. The minimum absolute atomic E-state index is 0.827. The Morgan fingerprint density at radius 2 is 2.31 bits per heavy atom.